The first-order chi connectivity index (χ1) is 13.7. The molecule has 0 radical (unpaired) electrons. The summed E-state index contributed by atoms with van der Waals surface area (Å²) in [5, 5.41) is 0.823. The number of hydrogen-bond acceptors (Lipinski definition) is 3. The molecule has 5 heteroatoms. The van der Waals surface area contributed by atoms with Crippen LogP contribution in [-0.4, -0.2) is 30.5 Å². The van der Waals surface area contributed by atoms with Crippen molar-refractivity contribution in [3.05, 3.63) is 90.5 Å². The molecule has 0 aromatic heterocycles. The standard InChI is InChI=1S/C23H23N3OS/c1-27-22-14-12-19(13-15-22)16-24-17-25(20-8-4-2-5-9-20)23(28)26(18-24)21-10-6-3-7-11-21/h2-15H,16-18H2,1H3. The van der Waals surface area contributed by atoms with Crippen LogP contribution in [0.1, 0.15) is 5.56 Å². The molecule has 0 atom stereocenters. The maximum absolute atomic E-state index is 5.87. The summed E-state index contributed by atoms with van der Waals surface area (Å²) in [7, 11) is 1.69. The van der Waals surface area contributed by atoms with E-state index in [9.17, 15) is 0 Å². The van der Waals surface area contributed by atoms with Crippen molar-refractivity contribution in [3.63, 3.8) is 0 Å². The van der Waals surface area contributed by atoms with Gasteiger partial charge in [0.05, 0.1) is 20.4 Å². The van der Waals surface area contributed by atoms with Gasteiger partial charge in [-0.2, -0.15) is 0 Å². The second kappa shape index (κ2) is 8.42. The quantitative estimate of drug-likeness (QED) is 0.586. The molecule has 0 bridgehead atoms. The first-order valence-electron chi connectivity index (χ1n) is 9.29. The number of ether oxygens (including phenoxy) is 1. The molecule has 0 aliphatic carbocycles. The lowest BCUT2D eigenvalue weighted by Crippen LogP contribution is -2.58. The van der Waals surface area contributed by atoms with Crippen molar-refractivity contribution in [2.24, 2.45) is 0 Å². The molecule has 3 aromatic rings. The molecule has 0 N–H and O–H groups in total. The molecule has 0 unspecified atom stereocenters. The Hall–Kier alpha value is -2.89. The van der Waals surface area contributed by atoms with E-state index >= 15 is 0 Å². The van der Waals surface area contributed by atoms with Gasteiger partial charge < -0.3 is 14.5 Å². The van der Waals surface area contributed by atoms with E-state index < -0.39 is 0 Å². The van der Waals surface area contributed by atoms with Crippen molar-refractivity contribution >= 4 is 28.7 Å². The molecule has 1 aliphatic rings. The zero-order valence-electron chi connectivity index (χ0n) is 15.9. The molecule has 1 fully saturated rings. The van der Waals surface area contributed by atoms with Crippen LogP contribution in [0, 0.1) is 0 Å². The largest absolute Gasteiger partial charge is 0.497 e. The van der Waals surface area contributed by atoms with Crippen LogP contribution in [0.4, 0.5) is 11.4 Å². The fourth-order valence-corrected chi connectivity index (χ4v) is 3.73. The highest BCUT2D eigenvalue weighted by Crippen LogP contribution is 2.26. The Morgan fingerprint density at radius 3 is 1.71 bits per heavy atom. The minimum atomic E-state index is 0.748. The summed E-state index contributed by atoms with van der Waals surface area (Å²) >= 11 is 5.87. The predicted octanol–water partition coefficient (Wildman–Crippen LogP) is 4.72. The monoisotopic (exact) mass is 389 g/mol. The van der Waals surface area contributed by atoms with E-state index in [1.807, 2.05) is 48.5 Å². The Bertz CT molecular complexity index is 864. The molecule has 0 saturated carbocycles. The zero-order valence-corrected chi connectivity index (χ0v) is 16.7. The minimum absolute atomic E-state index is 0.748. The molecule has 0 amide bonds. The van der Waals surface area contributed by atoms with E-state index in [4.69, 9.17) is 17.0 Å². The second-order valence-corrected chi connectivity index (χ2v) is 7.13. The van der Waals surface area contributed by atoms with Gasteiger partial charge in [-0.25, -0.2) is 0 Å². The first kappa shape index (κ1) is 18.5. The SMILES string of the molecule is COc1ccc(CN2CN(c3ccccc3)C(=S)N(c3ccccc3)C2)cc1. The van der Waals surface area contributed by atoms with E-state index in [2.05, 4.69) is 51.1 Å². The number of hydrogen-bond donors (Lipinski definition) is 0. The lowest BCUT2D eigenvalue weighted by molar-refractivity contribution is 0.269. The molecule has 28 heavy (non-hydrogen) atoms. The zero-order chi connectivity index (χ0) is 19.3. The highest BCUT2D eigenvalue weighted by atomic mass is 32.1. The third-order valence-electron chi connectivity index (χ3n) is 4.85. The van der Waals surface area contributed by atoms with Crippen molar-refractivity contribution in [3.8, 4) is 5.75 Å². The van der Waals surface area contributed by atoms with Gasteiger partial charge in [-0.15, -0.1) is 0 Å². The average Bonchev–Trinajstić information content (AvgIpc) is 2.76. The molecule has 1 heterocycles. The van der Waals surface area contributed by atoms with Crippen LogP contribution in [0.25, 0.3) is 0 Å². The van der Waals surface area contributed by atoms with Crippen molar-refractivity contribution in [2.45, 2.75) is 6.54 Å². The van der Waals surface area contributed by atoms with Crippen LogP contribution >= 0.6 is 12.2 Å². The van der Waals surface area contributed by atoms with Crippen LogP contribution in [-0.2, 0) is 6.54 Å². The van der Waals surface area contributed by atoms with Gasteiger partial charge in [0.2, 0.25) is 0 Å². The fraction of sp³-hybridized carbons (Fsp3) is 0.174. The van der Waals surface area contributed by atoms with E-state index in [1.165, 1.54) is 5.56 Å². The van der Waals surface area contributed by atoms with Gasteiger partial charge in [0.1, 0.15) is 5.75 Å². The molecular weight excluding hydrogens is 366 g/mol. The predicted molar refractivity (Wildman–Crippen MR) is 119 cm³/mol. The molecule has 3 aromatic carbocycles. The third-order valence-corrected chi connectivity index (χ3v) is 5.29. The van der Waals surface area contributed by atoms with Gasteiger partial charge in [0, 0.05) is 17.9 Å². The van der Waals surface area contributed by atoms with E-state index in [0.717, 1.165) is 42.1 Å². The summed E-state index contributed by atoms with van der Waals surface area (Å²) < 4.78 is 5.28. The van der Waals surface area contributed by atoms with Crippen LogP contribution in [0.15, 0.2) is 84.9 Å². The highest BCUT2D eigenvalue weighted by Gasteiger charge is 2.29. The molecule has 1 aliphatic heterocycles. The number of thiocarbonyl (C=S) groups is 1. The summed E-state index contributed by atoms with van der Waals surface area (Å²) in [5.74, 6) is 0.875. The van der Waals surface area contributed by atoms with E-state index in [-0.39, 0.29) is 0 Å². The Kier molecular flexibility index (Phi) is 5.55. The highest BCUT2D eigenvalue weighted by molar-refractivity contribution is 7.80. The minimum Gasteiger partial charge on any atom is -0.497 e. The number of para-hydroxylation sites is 2. The smallest absolute Gasteiger partial charge is 0.182 e. The van der Waals surface area contributed by atoms with E-state index in [0.29, 0.717) is 0 Å². The van der Waals surface area contributed by atoms with Gasteiger partial charge in [-0.05, 0) is 54.2 Å². The number of nitrogens with zero attached hydrogens (tertiary/aromatic N) is 3. The number of anilines is 2. The van der Waals surface area contributed by atoms with Gasteiger partial charge in [0.15, 0.2) is 5.11 Å². The number of rotatable bonds is 5. The topological polar surface area (TPSA) is 19.0 Å². The van der Waals surface area contributed by atoms with Crippen LogP contribution in [0.2, 0.25) is 0 Å². The van der Waals surface area contributed by atoms with Crippen LogP contribution in [0.3, 0.4) is 0 Å². The van der Waals surface area contributed by atoms with Crippen LogP contribution < -0.4 is 14.5 Å². The summed E-state index contributed by atoms with van der Waals surface area (Å²) in [5.41, 5.74) is 3.45. The molecule has 1 saturated heterocycles. The van der Waals surface area contributed by atoms with Crippen molar-refractivity contribution in [2.75, 3.05) is 30.2 Å². The number of methoxy groups -OCH3 is 1. The summed E-state index contributed by atoms with van der Waals surface area (Å²) in [6, 6.07) is 28.9. The normalized spacial score (nSPS) is 15.0. The Morgan fingerprint density at radius 1 is 0.750 bits per heavy atom. The Balaban J connectivity index is 1.61. The number of benzene rings is 3. The van der Waals surface area contributed by atoms with Gasteiger partial charge >= 0.3 is 0 Å². The molecule has 4 rings (SSSR count). The Labute approximate surface area is 171 Å². The second-order valence-electron chi connectivity index (χ2n) is 6.77. The molecular formula is C23H23N3OS. The van der Waals surface area contributed by atoms with Gasteiger partial charge in [-0.1, -0.05) is 48.5 Å². The van der Waals surface area contributed by atoms with Crippen molar-refractivity contribution in [1.82, 2.24) is 4.90 Å². The molecule has 142 valence electrons. The molecule has 4 nitrogen and oxygen atoms in total. The maximum Gasteiger partial charge on any atom is 0.182 e. The van der Waals surface area contributed by atoms with Gasteiger partial charge in [0.25, 0.3) is 0 Å². The van der Waals surface area contributed by atoms with Gasteiger partial charge in [-0.3, -0.25) is 4.90 Å². The maximum atomic E-state index is 5.87. The van der Waals surface area contributed by atoms with Crippen molar-refractivity contribution < 1.29 is 4.74 Å². The first-order valence-corrected chi connectivity index (χ1v) is 9.70. The summed E-state index contributed by atoms with van der Waals surface area (Å²) in [4.78, 5) is 6.77. The molecule has 0 spiro atoms. The Morgan fingerprint density at radius 2 is 1.25 bits per heavy atom. The van der Waals surface area contributed by atoms with Crippen molar-refractivity contribution in [1.29, 1.82) is 0 Å². The lowest BCUT2D eigenvalue weighted by atomic mass is 10.2. The fourth-order valence-electron chi connectivity index (χ4n) is 3.40. The van der Waals surface area contributed by atoms with E-state index in [1.54, 1.807) is 7.11 Å². The summed E-state index contributed by atoms with van der Waals surface area (Å²) in [6.07, 6.45) is 0. The third kappa shape index (κ3) is 4.01. The lowest BCUT2D eigenvalue weighted by Gasteiger charge is -2.44. The summed E-state index contributed by atoms with van der Waals surface area (Å²) in [6.45, 7) is 2.33. The van der Waals surface area contributed by atoms with Crippen LogP contribution in [0.5, 0.6) is 5.75 Å². The average molecular weight is 390 g/mol.